The molecular formula is C19H29N3O. The lowest BCUT2D eigenvalue weighted by Gasteiger charge is -2.28. The number of nitrogens with one attached hydrogen (secondary N) is 2. The molecule has 1 aromatic carbocycles. The van der Waals surface area contributed by atoms with Gasteiger partial charge in [0.25, 0.3) is 0 Å². The second-order valence-corrected chi connectivity index (χ2v) is 7.05. The molecule has 2 atom stereocenters. The van der Waals surface area contributed by atoms with Crippen molar-refractivity contribution in [2.75, 3.05) is 36.4 Å². The fourth-order valence-corrected chi connectivity index (χ4v) is 3.84. The Labute approximate surface area is 139 Å². The van der Waals surface area contributed by atoms with Crippen LogP contribution in [0, 0.1) is 11.8 Å². The van der Waals surface area contributed by atoms with E-state index >= 15 is 0 Å². The molecule has 3 rings (SSSR count). The highest BCUT2D eigenvalue weighted by Gasteiger charge is 2.23. The SMILES string of the molecule is CC(CC(=O)Nc1ccccc1N1CCCC1)C1CCCNC1. The molecule has 23 heavy (non-hydrogen) atoms. The van der Waals surface area contributed by atoms with Gasteiger partial charge in [-0.05, 0) is 62.7 Å². The van der Waals surface area contributed by atoms with Crippen LogP contribution in [0.25, 0.3) is 0 Å². The summed E-state index contributed by atoms with van der Waals surface area (Å²) >= 11 is 0. The third kappa shape index (κ3) is 4.25. The molecule has 4 heteroatoms. The van der Waals surface area contributed by atoms with Crippen molar-refractivity contribution in [1.29, 1.82) is 0 Å². The Balaban J connectivity index is 1.59. The summed E-state index contributed by atoms with van der Waals surface area (Å²) in [4.78, 5) is 14.9. The maximum Gasteiger partial charge on any atom is 0.224 e. The Morgan fingerprint density at radius 2 is 2.09 bits per heavy atom. The molecule has 2 aliphatic heterocycles. The van der Waals surface area contributed by atoms with Gasteiger partial charge < -0.3 is 15.5 Å². The molecule has 0 aliphatic carbocycles. The summed E-state index contributed by atoms with van der Waals surface area (Å²) < 4.78 is 0. The van der Waals surface area contributed by atoms with Gasteiger partial charge in [0.05, 0.1) is 11.4 Å². The molecule has 126 valence electrons. The average Bonchev–Trinajstić information content (AvgIpc) is 3.10. The number of hydrogen-bond donors (Lipinski definition) is 2. The molecule has 2 fully saturated rings. The first-order valence-electron chi connectivity index (χ1n) is 9.08. The van der Waals surface area contributed by atoms with Crippen LogP contribution in [0.3, 0.4) is 0 Å². The summed E-state index contributed by atoms with van der Waals surface area (Å²) in [7, 11) is 0. The smallest absolute Gasteiger partial charge is 0.224 e. The van der Waals surface area contributed by atoms with Crippen LogP contribution >= 0.6 is 0 Å². The fourth-order valence-electron chi connectivity index (χ4n) is 3.84. The number of carbonyl (C=O) groups excluding carboxylic acids is 1. The maximum absolute atomic E-state index is 12.5. The quantitative estimate of drug-likeness (QED) is 0.876. The van der Waals surface area contributed by atoms with Gasteiger partial charge >= 0.3 is 0 Å². The van der Waals surface area contributed by atoms with Crippen LogP contribution in [0.1, 0.15) is 39.0 Å². The van der Waals surface area contributed by atoms with Crippen LogP contribution in [-0.2, 0) is 4.79 Å². The number of rotatable bonds is 5. The van der Waals surface area contributed by atoms with Crippen molar-refractivity contribution in [3.63, 3.8) is 0 Å². The summed E-state index contributed by atoms with van der Waals surface area (Å²) in [6, 6.07) is 8.21. The number of piperidine rings is 1. The van der Waals surface area contributed by atoms with Gasteiger partial charge in [-0.2, -0.15) is 0 Å². The fraction of sp³-hybridized carbons (Fsp3) is 0.632. The predicted octanol–water partition coefficient (Wildman–Crippen LogP) is 3.25. The van der Waals surface area contributed by atoms with Gasteiger partial charge in [0.2, 0.25) is 5.91 Å². The number of carbonyl (C=O) groups is 1. The Morgan fingerprint density at radius 3 is 2.83 bits per heavy atom. The lowest BCUT2D eigenvalue weighted by molar-refractivity contribution is -0.117. The molecule has 0 aromatic heterocycles. The molecule has 2 aliphatic rings. The third-order valence-corrected chi connectivity index (χ3v) is 5.27. The molecule has 0 saturated carbocycles. The molecule has 2 N–H and O–H groups in total. The Bertz CT molecular complexity index is 519. The second kappa shape index (κ2) is 7.82. The van der Waals surface area contributed by atoms with E-state index in [0.717, 1.165) is 31.9 Å². The second-order valence-electron chi connectivity index (χ2n) is 7.05. The van der Waals surface area contributed by atoms with Gasteiger partial charge in [0.15, 0.2) is 0 Å². The summed E-state index contributed by atoms with van der Waals surface area (Å²) in [5.74, 6) is 1.21. The van der Waals surface area contributed by atoms with Crippen LogP contribution in [0.15, 0.2) is 24.3 Å². The molecule has 1 aromatic rings. The highest BCUT2D eigenvalue weighted by atomic mass is 16.1. The summed E-state index contributed by atoms with van der Waals surface area (Å²) in [6.45, 7) is 6.58. The van der Waals surface area contributed by atoms with Gasteiger partial charge in [0.1, 0.15) is 0 Å². The zero-order valence-electron chi connectivity index (χ0n) is 14.2. The van der Waals surface area contributed by atoms with E-state index in [9.17, 15) is 4.79 Å². The maximum atomic E-state index is 12.5. The van der Waals surface area contributed by atoms with Crippen molar-refractivity contribution >= 4 is 17.3 Å². The zero-order chi connectivity index (χ0) is 16.1. The van der Waals surface area contributed by atoms with Crippen molar-refractivity contribution in [3.8, 4) is 0 Å². The van der Waals surface area contributed by atoms with Crippen LogP contribution in [0.2, 0.25) is 0 Å². The largest absolute Gasteiger partial charge is 0.370 e. The lowest BCUT2D eigenvalue weighted by atomic mass is 9.85. The van der Waals surface area contributed by atoms with Gasteiger partial charge in [-0.15, -0.1) is 0 Å². The number of nitrogens with zero attached hydrogens (tertiary/aromatic N) is 1. The van der Waals surface area contributed by atoms with E-state index in [1.165, 1.54) is 31.4 Å². The summed E-state index contributed by atoms with van der Waals surface area (Å²) in [6.07, 6.45) is 5.57. The molecule has 0 radical (unpaired) electrons. The molecule has 2 heterocycles. The first kappa shape index (κ1) is 16.3. The molecule has 0 spiro atoms. The Morgan fingerprint density at radius 1 is 1.30 bits per heavy atom. The van der Waals surface area contributed by atoms with E-state index in [-0.39, 0.29) is 5.91 Å². The monoisotopic (exact) mass is 315 g/mol. The van der Waals surface area contributed by atoms with E-state index in [2.05, 4.69) is 34.6 Å². The molecule has 4 nitrogen and oxygen atoms in total. The predicted molar refractivity (Wildman–Crippen MR) is 95.9 cm³/mol. The van der Waals surface area contributed by atoms with Crippen LogP contribution in [0.4, 0.5) is 11.4 Å². The zero-order valence-corrected chi connectivity index (χ0v) is 14.2. The van der Waals surface area contributed by atoms with Gasteiger partial charge in [-0.1, -0.05) is 19.1 Å². The Hall–Kier alpha value is -1.55. The van der Waals surface area contributed by atoms with Crippen LogP contribution in [-0.4, -0.2) is 32.1 Å². The number of amides is 1. The summed E-state index contributed by atoms with van der Waals surface area (Å²) in [5.41, 5.74) is 2.14. The molecule has 2 unspecified atom stereocenters. The first-order chi connectivity index (χ1) is 11.2. The summed E-state index contributed by atoms with van der Waals surface area (Å²) in [5, 5.41) is 6.60. The molecule has 2 saturated heterocycles. The van der Waals surface area contributed by atoms with E-state index in [4.69, 9.17) is 0 Å². The van der Waals surface area contributed by atoms with Crippen molar-refractivity contribution in [2.24, 2.45) is 11.8 Å². The van der Waals surface area contributed by atoms with E-state index < -0.39 is 0 Å². The third-order valence-electron chi connectivity index (χ3n) is 5.27. The van der Waals surface area contributed by atoms with Crippen molar-refractivity contribution in [2.45, 2.75) is 39.0 Å². The van der Waals surface area contributed by atoms with Crippen molar-refractivity contribution in [3.05, 3.63) is 24.3 Å². The van der Waals surface area contributed by atoms with Gasteiger partial charge in [-0.25, -0.2) is 0 Å². The van der Waals surface area contributed by atoms with Crippen molar-refractivity contribution < 1.29 is 4.79 Å². The highest BCUT2D eigenvalue weighted by molar-refractivity contribution is 5.94. The topological polar surface area (TPSA) is 44.4 Å². The van der Waals surface area contributed by atoms with Gasteiger partial charge in [0, 0.05) is 19.5 Å². The molecule has 0 bridgehead atoms. The minimum absolute atomic E-state index is 0.148. The normalized spacial score (nSPS) is 22.8. The van der Waals surface area contributed by atoms with Crippen molar-refractivity contribution in [1.82, 2.24) is 5.32 Å². The molecular weight excluding hydrogens is 286 g/mol. The van der Waals surface area contributed by atoms with E-state index in [1.54, 1.807) is 0 Å². The first-order valence-corrected chi connectivity index (χ1v) is 9.08. The van der Waals surface area contributed by atoms with E-state index in [1.807, 2.05) is 12.1 Å². The Kier molecular flexibility index (Phi) is 5.55. The highest BCUT2D eigenvalue weighted by Crippen LogP contribution is 2.29. The molecule has 1 amide bonds. The number of para-hydroxylation sites is 2. The van der Waals surface area contributed by atoms with Crippen LogP contribution in [0.5, 0.6) is 0 Å². The average molecular weight is 315 g/mol. The number of anilines is 2. The standard InChI is InChI=1S/C19H29N3O/c1-15(16-7-6-10-20-14-16)13-19(23)21-17-8-2-3-9-18(17)22-11-4-5-12-22/h2-3,8-9,15-16,20H,4-7,10-14H2,1H3,(H,21,23). The van der Waals surface area contributed by atoms with E-state index in [0.29, 0.717) is 18.3 Å². The van der Waals surface area contributed by atoms with Gasteiger partial charge in [-0.3, -0.25) is 4.79 Å². The van der Waals surface area contributed by atoms with Crippen LogP contribution < -0.4 is 15.5 Å². The minimum atomic E-state index is 0.148. The minimum Gasteiger partial charge on any atom is -0.370 e. The lowest BCUT2D eigenvalue weighted by Crippen LogP contribution is -2.34. The number of benzene rings is 1. The number of hydrogen-bond acceptors (Lipinski definition) is 3.